The Kier molecular flexibility index (Phi) is 8.87. The van der Waals surface area contributed by atoms with Crippen LogP contribution in [0.4, 0.5) is 0 Å². The van der Waals surface area contributed by atoms with Crippen molar-refractivity contribution in [1.82, 2.24) is 10.2 Å². The molecule has 0 saturated heterocycles. The van der Waals surface area contributed by atoms with Crippen LogP contribution in [0.25, 0.3) is 10.8 Å². The molecule has 33 heavy (non-hydrogen) atoms. The van der Waals surface area contributed by atoms with E-state index in [9.17, 15) is 9.59 Å². The second-order valence-corrected chi connectivity index (χ2v) is 8.35. The first-order valence-corrected chi connectivity index (χ1v) is 11.8. The van der Waals surface area contributed by atoms with Crippen molar-refractivity contribution >= 4 is 22.6 Å². The quantitative estimate of drug-likeness (QED) is 0.409. The predicted octanol–water partition coefficient (Wildman–Crippen LogP) is 5.25. The number of nitrogens with one attached hydrogen (secondary N) is 1. The summed E-state index contributed by atoms with van der Waals surface area (Å²) < 4.78 is 5.97. The monoisotopic (exact) mass is 446 g/mol. The van der Waals surface area contributed by atoms with E-state index in [0.29, 0.717) is 25.3 Å². The van der Waals surface area contributed by atoms with Gasteiger partial charge in [-0.1, -0.05) is 86.5 Å². The lowest BCUT2D eigenvalue weighted by molar-refractivity contribution is -0.142. The van der Waals surface area contributed by atoms with Crippen molar-refractivity contribution in [1.29, 1.82) is 0 Å². The molecule has 0 heterocycles. The molecule has 1 atom stereocenters. The van der Waals surface area contributed by atoms with Crippen LogP contribution in [0, 0.1) is 6.92 Å². The maximum atomic E-state index is 13.4. The number of benzene rings is 3. The summed E-state index contributed by atoms with van der Waals surface area (Å²) in [6.45, 7) is 6.89. The van der Waals surface area contributed by atoms with E-state index in [2.05, 4.69) is 12.2 Å². The standard InChI is InChI=1S/C28H34N2O3/c1-4-6-17-29-28(32)25(5-2)30(19-22-12-9-11-21(3)18-22)27(31)20-33-26-16-10-14-23-13-7-8-15-24(23)26/h7-16,18,25H,4-6,17,19-20H2,1-3H3,(H,29,32)/t25-/m1/s1. The molecule has 0 fully saturated rings. The molecule has 0 saturated carbocycles. The van der Waals surface area contributed by atoms with Gasteiger partial charge in [0.25, 0.3) is 5.91 Å². The van der Waals surface area contributed by atoms with Gasteiger partial charge in [0.2, 0.25) is 5.91 Å². The molecule has 0 spiro atoms. The summed E-state index contributed by atoms with van der Waals surface area (Å²) in [5.74, 6) is 0.344. The fraction of sp³-hybridized carbons (Fsp3) is 0.357. The van der Waals surface area contributed by atoms with Crippen LogP contribution in [0.2, 0.25) is 0 Å². The maximum absolute atomic E-state index is 13.4. The number of hydrogen-bond donors (Lipinski definition) is 1. The molecule has 3 rings (SSSR count). The Hall–Kier alpha value is -3.34. The van der Waals surface area contributed by atoms with Crippen LogP contribution in [0.5, 0.6) is 5.75 Å². The van der Waals surface area contributed by atoms with Gasteiger partial charge in [0.05, 0.1) is 0 Å². The second-order valence-electron chi connectivity index (χ2n) is 8.35. The zero-order valence-electron chi connectivity index (χ0n) is 19.8. The van der Waals surface area contributed by atoms with Gasteiger partial charge in [-0.2, -0.15) is 0 Å². The van der Waals surface area contributed by atoms with E-state index >= 15 is 0 Å². The van der Waals surface area contributed by atoms with Gasteiger partial charge in [0, 0.05) is 18.5 Å². The topological polar surface area (TPSA) is 58.6 Å². The van der Waals surface area contributed by atoms with Crippen molar-refractivity contribution in [2.45, 2.75) is 52.6 Å². The Morgan fingerprint density at radius 3 is 2.52 bits per heavy atom. The number of carbonyl (C=O) groups is 2. The lowest BCUT2D eigenvalue weighted by atomic mass is 10.1. The molecule has 0 radical (unpaired) electrons. The van der Waals surface area contributed by atoms with E-state index in [0.717, 1.165) is 34.7 Å². The van der Waals surface area contributed by atoms with Gasteiger partial charge in [-0.05, 0) is 36.8 Å². The summed E-state index contributed by atoms with van der Waals surface area (Å²) in [5.41, 5.74) is 2.11. The first-order chi connectivity index (χ1) is 16.0. The van der Waals surface area contributed by atoms with Gasteiger partial charge in [-0.3, -0.25) is 9.59 Å². The SMILES string of the molecule is CCCCNC(=O)[C@@H](CC)N(Cc1cccc(C)c1)C(=O)COc1cccc2ccccc12. The van der Waals surface area contributed by atoms with Crippen molar-refractivity contribution in [3.8, 4) is 5.75 Å². The summed E-state index contributed by atoms with van der Waals surface area (Å²) in [7, 11) is 0. The summed E-state index contributed by atoms with van der Waals surface area (Å²) in [5, 5.41) is 5.01. The predicted molar refractivity (Wildman–Crippen MR) is 133 cm³/mol. The Morgan fingerprint density at radius 1 is 1.00 bits per heavy atom. The number of ether oxygens (including phenoxy) is 1. The van der Waals surface area contributed by atoms with E-state index in [-0.39, 0.29) is 18.4 Å². The molecule has 174 valence electrons. The van der Waals surface area contributed by atoms with Gasteiger partial charge >= 0.3 is 0 Å². The number of fused-ring (bicyclic) bond motifs is 1. The fourth-order valence-corrected chi connectivity index (χ4v) is 3.98. The molecule has 2 amide bonds. The summed E-state index contributed by atoms with van der Waals surface area (Å²) in [4.78, 5) is 28.0. The average molecular weight is 447 g/mol. The molecule has 0 aliphatic carbocycles. The van der Waals surface area contributed by atoms with Crippen molar-refractivity contribution in [3.63, 3.8) is 0 Å². The molecule has 0 aliphatic heterocycles. The number of nitrogens with zero attached hydrogens (tertiary/aromatic N) is 1. The highest BCUT2D eigenvalue weighted by molar-refractivity contribution is 5.90. The number of carbonyl (C=O) groups excluding carboxylic acids is 2. The van der Waals surface area contributed by atoms with Crippen LogP contribution < -0.4 is 10.1 Å². The van der Waals surface area contributed by atoms with Crippen molar-refractivity contribution in [2.24, 2.45) is 0 Å². The Morgan fingerprint density at radius 2 is 1.76 bits per heavy atom. The van der Waals surface area contributed by atoms with Crippen molar-refractivity contribution in [2.75, 3.05) is 13.2 Å². The third-order valence-electron chi connectivity index (χ3n) is 5.75. The summed E-state index contributed by atoms with van der Waals surface area (Å²) in [6, 6.07) is 21.2. The van der Waals surface area contributed by atoms with Gasteiger partial charge < -0.3 is 15.0 Å². The number of amides is 2. The van der Waals surface area contributed by atoms with E-state index in [1.165, 1.54) is 0 Å². The molecule has 3 aromatic rings. The minimum absolute atomic E-state index is 0.114. The number of unbranched alkanes of at least 4 members (excludes halogenated alkanes) is 1. The maximum Gasteiger partial charge on any atom is 0.261 e. The van der Waals surface area contributed by atoms with Crippen LogP contribution in [0.3, 0.4) is 0 Å². The molecule has 0 aliphatic rings. The van der Waals surface area contributed by atoms with E-state index in [4.69, 9.17) is 4.74 Å². The molecule has 3 aromatic carbocycles. The Balaban J connectivity index is 1.80. The molecule has 0 aromatic heterocycles. The van der Waals surface area contributed by atoms with Crippen LogP contribution in [-0.4, -0.2) is 35.9 Å². The lowest BCUT2D eigenvalue weighted by Gasteiger charge is -2.30. The fourth-order valence-electron chi connectivity index (χ4n) is 3.98. The van der Waals surface area contributed by atoms with Crippen LogP contribution in [0.15, 0.2) is 66.7 Å². The van der Waals surface area contributed by atoms with Gasteiger partial charge in [-0.15, -0.1) is 0 Å². The summed E-state index contributed by atoms with van der Waals surface area (Å²) >= 11 is 0. The van der Waals surface area contributed by atoms with Crippen molar-refractivity contribution < 1.29 is 14.3 Å². The molecular weight excluding hydrogens is 412 g/mol. The Bertz CT molecular complexity index is 1070. The number of rotatable bonds is 11. The van der Waals surface area contributed by atoms with Crippen LogP contribution >= 0.6 is 0 Å². The largest absolute Gasteiger partial charge is 0.483 e. The molecule has 0 unspecified atom stereocenters. The van der Waals surface area contributed by atoms with E-state index < -0.39 is 6.04 Å². The summed E-state index contributed by atoms with van der Waals surface area (Å²) in [6.07, 6.45) is 2.45. The third-order valence-corrected chi connectivity index (χ3v) is 5.75. The van der Waals surface area contributed by atoms with E-state index in [1.807, 2.05) is 80.6 Å². The van der Waals surface area contributed by atoms with Gasteiger partial charge in [0.15, 0.2) is 6.61 Å². The average Bonchev–Trinajstić information content (AvgIpc) is 2.82. The van der Waals surface area contributed by atoms with Crippen LogP contribution in [0.1, 0.15) is 44.2 Å². The number of hydrogen-bond acceptors (Lipinski definition) is 3. The first-order valence-electron chi connectivity index (χ1n) is 11.8. The second kappa shape index (κ2) is 12.0. The van der Waals surface area contributed by atoms with E-state index in [1.54, 1.807) is 4.90 Å². The Labute approximate surface area is 196 Å². The third kappa shape index (κ3) is 6.58. The zero-order valence-corrected chi connectivity index (χ0v) is 19.8. The molecule has 5 heteroatoms. The minimum atomic E-state index is -0.550. The first kappa shape index (κ1) is 24.3. The van der Waals surface area contributed by atoms with Gasteiger partial charge in [0.1, 0.15) is 11.8 Å². The highest BCUT2D eigenvalue weighted by Gasteiger charge is 2.29. The smallest absolute Gasteiger partial charge is 0.261 e. The van der Waals surface area contributed by atoms with Gasteiger partial charge in [-0.25, -0.2) is 0 Å². The molecular formula is C28H34N2O3. The lowest BCUT2D eigenvalue weighted by Crippen LogP contribution is -2.50. The molecule has 0 bridgehead atoms. The minimum Gasteiger partial charge on any atom is -0.483 e. The number of aryl methyl sites for hydroxylation is 1. The highest BCUT2D eigenvalue weighted by atomic mass is 16.5. The van der Waals surface area contributed by atoms with Crippen LogP contribution in [-0.2, 0) is 16.1 Å². The molecule has 5 nitrogen and oxygen atoms in total. The molecule has 1 N–H and O–H groups in total. The highest BCUT2D eigenvalue weighted by Crippen LogP contribution is 2.25. The van der Waals surface area contributed by atoms with Crippen molar-refractivity contribution in [3.05, 3.63) is 77.9 Å². The normalized spacial score (nSPS) is 11.7. The zero-order chi connectivity index (χ0) is 23.6.